The summed E-state index contributed by atoms with van der Waals surface area (Å²) >= 11 is 3.60. The van der Waals surface area contributed by atoms with Gasteiger partial charge in [-0.2, -0.15) is 0 Å². The molecular formula is C18H22BrN3O. The first-order valence-electron chi connectivity index (χ1n) is 8.46. The van der Waals surface area contributed by atoms with Gasteiger partial charge in [0.15, 0.2) is 0 Å². The minimum Gasteiger partial charge on any atom is -0.376 e. The lowest BCUT2D eigenvalue weighted by molar-refractivity contribution is 0.00369. The molecule has 2 aromatic rings. The summed E-state index contributed by atoms with van der Waals surface area (Å²) in [6.07, 6.45) is 8.31. The van der Waals surface area contributed by atoms with Crippen LogP contribution in [-0.4, -0.2) is 27.7 Å². The fourth-order valence-electron chi connectivity index (χ4n) is 3.67. The molecule has 1 saturated heterocycles. The predicted octanol–water partition coefficient (Wildman–Crippen LogP) is 4.00. The molecule has 1 saturated carbocycles. The number of nitrogens with zero attached hydrogens (tertiary/aromatic N) is 3. The van der Waals surface area contributed by atoms with Gasteiger partial charge in [-0.1, -0.05) is 27.2 Å². The number of benzene rings is 1. The van der Waals surface area contributed by atoms with Crippen LogP contribution in [0.5, 0.6) is 0 Å². The molecule has 1 atom stereocenters. The number of hydrogen-bond donors (Lipinski definition) is 0. The summed E-state index contributed by atoms with van der Waals surface area (Å²) in [6, 6.07) is 6.53. The average molecular weight is 376 g/mol. The lowest BCUT2D eigenvalue weighted by atomic mass is 9.89. The minimum atomic E-state index is 0.0690. The minimum absolute atomic E-state index is 0.0690. The molecule has 1 aromatic carbocycles. The smallest absolute Gasteiger partial charge is 0.0932 e. The van der Waals surface area contributed by atoms with Crippen LogP contribution in [0.15, 0.2) is 28.9 Å². The molecular weight excluding hydrogens is 354 g/mol. The lowest BCUT2D eigenvalue weighted by Gasteiger charge is -2.22. The third kappa shape index (κ3) is 2.96. The highest BCUT2D eigenvalue weighted by atomic mass is 79.9. The van der Waals surface area contributed by atoms with E-state index in [0.717, 1.165) is 42.6 Å². The van der Waals surface area contributed by atoms with Crippen LogP contribution < -0.4 is 0 Å². The zero-order valence-corrected chi connectivity index (χ0v) is 15.1. The molecule has 0 radical (unpaired) electrons. The topological polar surface area (TPSA) is 39.9 Å². The van der Waals surface area contributed by atoms with Gasteiger partial charge in [0.05, 0.1) is 18.3 Å². The van der Waals surface area contributed by atoms with E-state index in [4.69, 9.17) is 4.74 Å². The highest BCUT2D eigenvalue weighted by Crippen LogP contribution is 2.54. The van der Waals surface area contributed by atoms with Gasteiger partial charge in [-0.3, -0.25) is 0 Å². The molecule has 1 aliphatic heterocycles. The predicted molar refractivity (Wildman–Crippen MR) is 92.5 cm³/mol. The van der Waals surface area contributed by atoms with Crippen LogP contribution in [0, 0.1) is 6.92 Å². The van der Waals surface area contributed by atoms with Gasteiger partial charge >= 0.3 is 0 Å². The van der Waals surface area contributed by atoms with E-state index in [1.165, 1.54) is 24.0 Å². The van der Waals surface area contributed by atoms with Crippen molar-refractivity contribution >= 4 is 15.9 Å². The second kappa shape index (κ2) is 6.02. The average Bonchev–Trinajstić information content (AvgIpc) is 3.24. The maximum Gasteiger partial charge on any atom is 0.0932 e. The Hall–Kier alpha value is -1.20. The monoisotopic (exact) mass is 375 g/mol. The van der Waals surface area contributed by atoms with E-state index in [1.807, 2.05) is 4.68 Å². The quantitative estimate of drug-likeness (QED) is 0.810. The molecule has 2 fully saturated rings. The molecule has 2 aliphatic rings. The summed E-state index contributed by atoms with van der Waals surface area (Å²) in [7, 11) is 0. The van der Waals surface area contributed by atoms with Gasteiger partial charge in [0.1, 0.15) is 0 Å². The van der Waals surface area contributed by atoms with E-state index in [2.05, 4.69) is 57.6 Å². The Labute approximate surface area is 145 Å². The fourth-order valence-corrected chi connectivity index (χ4v) is 4.03. The van der Waals surface area contributed by atoms with Crippen molar-refractivity contribution in [3.8, 4) is 0 Å². The van der Waals surface area contributed by atoms with Crippen LogP contribution in [0.1, 0.15) is 48.9 Å². The first kappa shape index (κ1) is 15.3. The van der Waals surface area contributed by atoms with E-state index in [-0.39, 0.29) is 5.41 Å². The van der Waals surface area contributed by atoms with Crippen LogP contribution in [0.4, 0.5) is 0 Å². The molecule has 0 amide bonds. The second-order valence-corrected chi connectivity index (χ2v) is 7.77. The van der Waals surface area contributed by atoms with E-state index in [1.54, 1.807) is 0 Å². The summed E-state index contributed by atoms with van der Waals surface area (Å²) in [5.41, 5.74) is 3.89. The van der Waals surface area contributed by atoms with Crippen LogP contribution in [0.25, 0.3) is 0 Å². The van der Waals surface area contributed by atoms with Crippen molar-refractivity contribution in [2.75, 3.05) is 6.61 Å². The van der Waals surface area contributed by atoms with Gasteiger partial charge in [0.25, 0.3) is 0 Å². The SMILES string of the molecule is Cc1ccc(Br)cc1C1(c2cn(CC3CCCCO3)nn2)CC1. The van der Waals surface area contributed by atoms with Crippen molar-refractivity contribution in [2.24, 2.45) is 0 Å². The molecule has 122 valence electrons. The Bertz CT molecular complexity index is 702. The van der Waals surface area contributed by atoms with Crippen molar-refractivity contribution in [1.29, 1.82) is 0 Å². The van der Waals surface area contributed by atoms with E-state index in [9.17, 15) is 0 Å². The highest BCUT2D eigenvalue weighted by molar-refractivity contribution is 9.10. The van der Waals surface area contributed by atoms with E-state index < -0.39 is 0 Å². The van der Waals surface area contributed by atoms with Crippen LogP contribution in [-0.2, 0) is 16.7 Å². The standard InChI is InChI=1S/C18H22BrN3O/c1-13-5-6-14(19)10-16(13)18(7-8-18)17-12-22(21-20-17)11-15-4-2-3-9-23-15/h5-6,10,12,15H,2-4,7-9,11H2,1H3. The number of aryl methyl sites for hydroxylation is 1. The maximum absolute atomic E-state index is 5.82. The number of halogens is 1. The molecule has 1 aromatic heterocycles. The summed E-state index contributed by atoms with van der Waals surface area (Å²) in [6.45, 7) is 3.88. The van der Waals surface area contributed by atoms with Gasteiger partial charge in [0.2, 0.25) is 0 Å². The van der Waals surface area contributed by atoms with Crippen LogP contribution in [0.3, 0.4) is 0 Å². The van der Waals surface area contributed by atoms with Crippen LogP contribution >= 0.6 is 15.9 Å². The van der Waals surface area contributed by atoms with Gasteiger partial charge in [-0.05, 0) is 62.3 Å². The third-order valence-corrected chi connectivity index (χ3v) is 5.65. The molecule has 5 heteroatoms. The highest BCUT2D eigenvalue weighted by Gasteiger charge is 2.49. The summed E-state index contributed by atoms with van der Waals surface area (Å²) < 4.78 is 8.92. The maximum atomic E-state index is 5.82. The Morgan fingerprint density at radius 1 is 1.35 bits per heavy atom. The molecule has 23 heavy (non-hydrogen) atoms. The molecule has 4 nitrogen and oxygen atoms in total. The first-order valence-corrected chi connectivity index (χ1v) is 9.25. The normalized spacial score (nSPS) is 23.0. The first-order chi connectivity index (χ1) is 11.2. The van der Waals surface area contributed by atoms with E-state index in [0.29, 0.717) is 6.10 Å². The summed E-state index contributed by atoms with van der Waals surface area (Å²) in [5, 5.41) is 8.87. The van der Waals surface area contributed by atoms with Gasteiger partial charge in [0, 0.05) is 22.7 Å². The van der Waals surface area contributed by atoms with Crippen LogP contribution in [0.2, 0.25) is 0 Å². The zero-order chi connectivity index (χ0) is 15.9. The number of rotatable bonds is 4. The fraction of sp³-hybridized carbons (Fsp3) is 0.556. The van der Waals surface area contributed by atoms with Gasteiger partial charge in [-0.25, -0.2) is 4.68 Å². The van der Waals surface area contributed by atoms with Crippen molar-refractivity contribution in [3.05, 3.63) is 45.7 Å². The van der Waals surface area contributed by atoms with E-state index >= 15 is 0 Å². The number of aromatic nitrogens is 3. The molecule has 0 N–H and O–H groups in total. The molecule has 1 aliphatic carbocycles. The number of hydrogen-bond acceptors (Lipinski definition) is 3. The zero-order valence-electron chi connectivity index (χ0n) is 13.5. The number of ether oxygens (including phenoxy) is 1. The largest absolute Gasteiger partial charge is 0.376 e. The van der Waals surface area contributed by atoms with Crippen molar-refractivity contribution in [2.45, 2.75) is 57.1 Å². The third-order valence-electron chi connectivity index (χ3n) is 5.16. The van der Waals surface area contributed by atoms with Crippen molar-refractivity contribution < 1.29 is 4.74 Å². The molecule has 0 spiro atoms. The Morgan fingerprint density at radius 3 is 2.96 bits per heavy atom. The van der Waals surface area contributed by atoms with Crippen molar-refractivity contribution in [1.82, 2.24) is 15.0 Å². The van der Waals surface area contributed by atoms with Crippen molar-refractivity contribution in [3.63, 3.8) is 0 Å². The van der Waals surface area contributed by atoms with Gasteiger partial charge < -0.3 is 4.74 Å². The molecule has 1 unspecified atom stereocenters. The Morgan fingerprint density at radius 2 is 2.22 bits per heavy atom. The molecule has 0 bridgehead atoms. The Balaban J connectivity index is 1.57. The molecule has 4 rings (SSSR count). The second-order valence-electron chi connectivity index (χ2n) is 6.86. The lowest BCUT2D eigenvalue weighted by Crippen LogP contribution is -2.24. The molecule has 2 heterocycles. The Kier molecular flexibility index (Phi) is 4.01. The van der Waals surface area contributed by atoms with Gasteiger partial charge in [-0.15, -0.1) is 5.10 Å². The summed E-state index contributed by atoms with van der Waals surface area (Å²) in [5.74, 6) is 0. The summed E-state index contributed by atoms with van der Waals surface area (Å²) in [4.78, 5) is 0.